The second-order valence-corrected chi connectivity index (χ2v) is 5.54. The topological polar surface area (TPSA) is 41.1 Å². The molecular weight excluding hydrogens is 232 g/mol. The maximum Gasteiger partial charge on any atom is 0.233 e. The Labute approximate surface area is 107 Å². The van der Waals surface area contributed by atoms with Gasteiger partial charge >= 0.3 is 0 Å². The molecule has 0 aliphatic heterocycles. The summed E-state index contributed by atoms with van der Waals surface area (Å²) in [6.07, 6.45) is 3.56. The minimum Gasteiger partial charge on any atom is -0.355 e. The first-order valence-electron chi connectivity index (χ1n) is 6.34. The van der Waals surface area contributed by atoms with E-state index in [0.29, 0.717) is 12.6 Å². The number of carbonyl (C=O) groups excluding carboxylic acids is 1. The van der Waals surface area contributed by atoms with Crippen LogP contribution in [0.1, 0.15) is 37.1 Å². The van der Waals surface area contributed by atoms with E-state index in [9.17, 15) is 4.79 Å². The number of thiophene rings is 1. The minimum absolute atomic E-state index is 0.106. The molecule has 0 spiro atoms. The molecule has 1 aliphatic carbocycles. The van der Waals surface area contributed by atoms with Crippen LogP contribution in [0.5, 0.6) is 0 Å². The highest BCUT2D eigenvalue weighted by Crippen LogP contribution is 2.42. The maximum absolute atomic E-state index is 11.5. The summed E-state index contributed by atoms with van der Waals surface area (Å²) in [5, 5.41) is 8.39. The fourth-order valence-electron chi connectivity index (χ4n) is 1.93. The van der Waals surface area contributed by atoms with Crippen molar-refractivity contribution in [3.05, 3.63) is 22.4 Å². The number of nitrogens with one attached hydrogen (secondary N) is 2. The van der Waals surface area contributed by atoms with E-state index in [1.54, 1.807) is 11.3 Å². The lowest BCUT2D eigenvalue weighted by molar-refractivity contribution is -0.120. The van der Waals surface area contributed by atoms with E-state index < -0.39 is 0 Å². The van der Waals surface area contributed by atoms with Crippen LogP contribution in [0.4, 0.5) is 0 Å². The largest absolute Gasteiger partial charge is 0.355 e. The normalized spacial score (nSPS) is 16.8. The molecule has 2 rings (SSSR count). The summed E-state index contributed by atoms with van der Waals surface area (Å²) in [4.78, 5) is 12.9. The molecule has 1 atom stereocenters. The smallest absolute Gasteiger partial charge is 0.233 e. The van der Waals surface area contributed by atoms with Gasteiger partial charge in [-0.05, 0) is 36.6 Å². The third-order valence-electron chi connectivity index (χ3n) is 3.00. The molecule has 17 heavy (non-hydrogen) atoms. The molecule has 1 fully saturated rings. The van der Waals surface area contributed by atoms with Crippen LogP contribution in [-0.4, -0.2) is 19.0 Å². The average molecular weight is 252 g/mol. The molecule has 1 unspecified atom stereocenters. The van der Waals surface area contributed by atoms with E-state index in [0.717, 1.165) is 18.9 Å². The molecule has 1 heterocycles. The molecule has 0 radical (unpaired) electrons. The van der Waals surface area contributed by atoms with Crippen molar-refractivity contribution in [1.82, 2.24) is 10.6 Å². The van der Waals surface area contributed by atoms with Gasteiger partial charge in [-0.25, -0.2) is 0 Å². The Balaban J connectivity index is 1.80. The molecule has 1 aliphatic rings. The molecule has 1 aromatic rings. The second-order valence-electron chi connectivity index (χ2n) is 4.56. The van der Waals surface area contributed by atoms with Gasteiger partial charge in [0, 0.05) is 17.5 Å². The number of amides is 1. The van der Waals surface area contributed by atoms with E-state index in [1.165, 1.54) is 17.7 Å². The third-order valence-corrected chi connectivity index (χ3v) is 3.95. The molecular formula is C13H20N2OS. The predicted octanol–water partition coefficient (Wildman–Crippen LogP) is 2.32. The van der Waals surface area contributed by atoms with E-state index in [-0.39, 0.29) is 5.91 Å². The van der Waals surface area contributed by atoms with Crippen LogP contribution in [0.15, 0.2) is 17.5 Å². The lowest BCUT2D eigenvalue weighted by Gasteiger charge is -2.16. The first-order chi connectivity index (χ1) is 8.31. The monoisotopic (exact) mass is 252 g/mol. The van der Waals surface area contributed by atoms with Gasteiger partial charge in [-0.2, -0.15) is 0 Å². The summed E-state index contributed by atoms with van der Waals surface area (Å²) in [6, 6.07) is 4.61. The van der Waals surface area contributed by atoms with Gasteiger partial charge in [-0.1, -0.05) is 13.0 Å². The Hall–Kier alpha value is -0.870. The highest BCUT2D eigenvalue weighted by Gasteiger charge is 2.32. The Morgan fingerprint density at radius 2 is 2.41 bits per heavy atom. The summed E-state index contributed by atoms with van der Waals surface area (Å²) >= 11 is 1.77. The molecule has 1 amide bonds. The third kappa shape index (κ3) is 3.82. The molecule has 1 saturated carbocycles. The number of hydrogen-bond acceptors (Lipinski definition) is 3. The molecule has 0 bridgehead atoms. The van der Waals surface area contributed by atoms with Gasteiger partial charge in [-0.3, -0.25) is 4.79 Å². The molecule has 94 valence electrons. The Kier molecular flexibility index (Phi) is 4.57. The highest BCUT2D eigenvalue weighted by atomic mass is 32.1. The Morgan fingerprint density at radius 3 is 3.00 bits per heavy atom. The van der Waals surface area contributed by atoms with Gasteiger partial charge in [-0.15, -0.1) is 11.3 Å². The number of carbonyl (C=O) groups is 1. The van der Waals surface area contributed by atoms with Crippen molar-refractivity contribution in [3.63, 3.8) is 0 Å². The van der Waals surface area contributed by atoms with Crippen LogP contribution in [0.25, 0.3) is 0 Å². The zero-order chi connectivity index (χ0) is 12.1. The standard InChI is InChI=1S/C13H20N2OS/c1-2-7-14-12(16)9-15-13(10-5-6-10)11-4-3-8-17-11/h3-4,8,10,13,15H,2,5-7,9H2,1H3,(H,14,16). The summed E-state index contributed by atoms with van der Waals surface area (Å²) < 4.78 is 0. The summed E-state index contributed by atoms with van der Waals surface area (Å²) in [5.41, 5.74) is 0. The van der Waals surface area contributed by atoms with Crippen molar-refractivity contribution in [2.45, 2.75) is 32.2 Å². The molecule has 4 heteroatoms. The van der Waals surface area contributed by atoms with Crippen LogP contribution < -0.4 is 10.6 Å². The predicted molar refractivity (Wildman–Crippen MR) is 71.1 cm³/mol. The van der Waals surface area contributed by atoms with E-state index in [1.807, 2.05) is 0 Å². The fraction of sp³-hybridized carbons (Fsp3) is 0.615. The fourth-order valence-corrected chi connectivity index (χ4v) is 2.82. The Bertz CT molecular complexity index is 346. The van der Waals surface area contributed by atoms with Crippen LogP contribution in [0.2, 0.25) is 0 Å². The zero-order valence-corrected chi connectivity index (χ0v) is 11.1. The van der Waals surface area contributed by atoms with Crippen molar-refractivity contribution < 1.29 is 4.79 Å². The van der Waals surface area contributed by atoms with Gasteiger partial charge in [0.1, 0.15) is 0 Å². The number of rotatable bonds is 7. The molecule has 0 aromatic carbocycles. The quantitative estimate of drug-likeness (QED) is 0.782. The van der Waals surface area contributed by atoms with Crippen LogP contribution in [0.3, 0.4) is 0 Å². The zero-order valence-electron chi connectivity index (χ0n) is 10.2. The molecule has 2 N–H and O–H groups in total. The highest BCUT2D eigenvalue weighted by molar-refractivity contribution is 7.10. The summed E-state index contributed by atoms with van der Waals surface area (Å²) in [7, 11) is 0. The SMILES string of the molecule is CCCNC(=O)CNC(c1cccs1)C1CC1. The maximum atomic E-state index is 11.5. The Morgan fingerprint density at radius 1 is 1.59 bits per heavy atom. The van der Waals surface area contributed by atoms with E-state index >= 15 is 0 Å². The van der Waals surface area contributed by atoms with Gasteiger partial charge in [0.2, 0.25) is 5.91 Å². The second kappa shape index (κ2) is 6.17. The van der Waals surface area contributed by atoms with Crippen molar-refractivity contribution >= 4 is 17.2 Å². The summed E-state index contributed by atoms with van der Waals surface area (Å²) in [5.74, 6) is 0.835. The first-order valence-corrected chi connectivity index (χ1v) is 7.22. The van der Waals surface area contributed by atoms with Crippen LogP contribution >= 0.6 is 11.3 Å². The number of hydrogen-bond donors (Lipinski definition) is 2. The van der Waals surface area contributed by atoms with Crippen molar-refractivity contribution in [1.29, 1.82) is 0 Å². The molecule has 1 aromatic heterocycles. The van der Waals surface area contributed by atoms with Gasteiger partial charge < -0.3 is 10.6 Å². The summed E-state index contributed by atoms with van der Waals surface area (Å²) in [6.45, 7) is 3.26. The lowest BCUT2D eigenvalue weighted by Crippen LogP contribution is -2.36. The van der Waals surface area contributed by atoms with Crippen LogP contribution in [0, 0.1) is 5.92 Å². The lowest BCUT2D eigenvalue weighted by atomic mass is 10.1. The van der Waals surface area contributed by atoms with Crippen molar-refractivity contribution in [3.8, 4) is 0 Å². The molecule has 3 nitrogen and oxygen atoms in total. The van der Waals surface area contributed by atoms with Gasteiger partial charge in [0.15, 0.2) is 0 Å². The molecule has 0 saturated heterocycles. The average Bonchev–Trinajstić information content (AvgIpc) is 3.02. The first kappa shape index (κ1) is 12.6. The van der Waals surface area contributed by atoms with Crippen LogP contribution in [-0.2, 0) is 4.79 Å². The van der Waals surface area contributed by atoms with Crippen molar-refractivity contribution in [2.75, 3.05) is 13.1 Å². The van der Waals surface area contributed by atoms with Gasteiger partial charge in [0.05, 0.1) is 6.54 Å². The van der Waals surface area contributed by atoms with Gasteiger partial charge in [0.25, 0.3) is 0 Å². The van der Waals surface area contributed by atoms with E-state index in [4.69, 9.17) is 0 Å². The van der Waals surface area contributed by atoms with E-state index in [2.05, 4.69) is 35.1 Å². The minimum atomic E-state index is 0.106. The van der Waals surface area contributed by atoms with Crippen molar-refractivity contribution in [2.24, 2.45) is 5.92 Å².